The van der Waals surface area contributed by atoms with Gasteiger partial charge in [-0.3, -0.25) is 14.6 Å². The third-order valence-corrected chi connectivity index (χ3v) is 6.12. The molecule has 0 spiro atoms. The molecular weight excluding hydrogens is 490 g/mol. The van der Waals surface area contributed by atoms with Crippen molar-refractivity contribution in [1.82, 2.24) is 20.2 Å². The van der Waals surface area contributed by atoms with Gasteiger partial charge in [-0.15, -0.1) is 0 Å². The molecule has 11 heteroatoms. The van der Waals surface area contributed by atoms with Crippen LogP contribution in [0.3, 0.4) is 0 Å². The number of phenolic OH excluding ortho intramolecular Hbond substituents is 1. The van der Waals surface area contributed by atoms with Crippen LogP contribution in [0.2, 0.25) is 0 Å². The normalized spacial score (nSPS) is 10.7. The fourth-order valence-electron chi connectivity index (χ4n) is 3.89. The van der Waals surface area contributed by atoms with E-state index in [-0.39, 0.29) is 36.2 Å². The molecule has 0 saturated carbocycles. The van der Waals surface area contributed by atoms with E-state index < -0.39 is 6.09 Å². The molecule has 202 valence electrons. The molecule has 0 aliphatic rings. The predicted molar refractivity (Wildman–Crippen MR) is 140 cm³/mol. The van der Waals surface area contributed by atoms with Crippen molar-refractivity contribution in [1.29, 1.82) is 0 Å². The first kappa shape index (κ1) is 28.2. The van der Waals surface area contributed by atoms with Gasteiger partial charge >= 0.3 is 6.09 Å². The summed E-state index contributed by atoms with van der Waals surface area (Å²) in [6.07, 6.45) is 5.50. The number of hydrogen-bond donors (Lipinski definition) is 3. The summed E-state index contributed by atoms with van der Waals surface area (Å²) in [5.74, 6) is 0.112. The van der Waals surface area contributed by atoms with E-state index in [0.29, 0.717) is 50.4 Å². The van der Waals surface area contributed by atoms with Crippen LogP contribution in [0.1, 0.15) is 46.8 Å². The van der Waals surface area contributed by atoms with Crippen LogP contribution in [0.25, 0.3) is 0 Å². The molecule has 3 rings (SSSR count). The highest BCUT2D eigenvalue weighted by Crippen LogP contribution is 2.22. The smallest absolute Gasteiger partial charge is 0.404 e. The van der Waals surface area contributed by atoms with Gasteiger partial charge in [-0.2, -0.15) is 0 Å². The van der Waals surface area contributed by atoms with Gasteiger partial charge < -0.3 is 29.7 Å². The Morgan fingerprint density at radius 1 is 1.08 bits per heavy atom. The van der Waals surface area contributed by atoms with Crippen LogP contribution >= 0.6 is 0 Å². The number of para-hydroxylation sites is 1. The van der Waals surface area contributed by atoms with Crippen molar-refractivity contribution in [3.8, 4) is 5.75 Å². The molecule has 3 amide bonds. The topological polar surface area (TPSA) is 149 Å². The zero-order chi connectivity index (χ0) is 27.5. The van der Waals surface area contributed by atoms with Crippen molar-refractivity contribution in [2.75, 3.05) is 31.6 Å². The average Bonchev–Trinajstić information content (AvgIpc) is 3.39. The molecule has 0 atom stereocenters. The highest BCUT2D eigenvalue weighted by Gasteiger charge is 2.20. The van der Waals surface area contributed by atoms with Gasteiger partial charge in [-0.1, -0.05) is 18.2 Å². The highest BCUT2D eigenvalue weighted by atomic mass is 16.4. The summed E-state index contributed by atoms with van der Waals surface area (Å²) < 4.78 is 5.52. The van der Waals surface area contributed by atoms with Gasteiger partial charge in [0.05, 0.1) is 11.9 Å². The lowest BCUT2D eigenvalue weighted by Crippen LogP contribution is -2.35. The van der Waals surface area contributed by atoms with E-state index in [1.165, 1.54) is 11.2 Å². The zero-order valence-electron chi connectivity index (χ0n) is 21.6. The summed E-state index contributed by atoms with van der Waals surface area (Å²) in [6.45, 7) is 2.78. The summed E-state index contributed by atoms with van der Waals surface area (Å²) >= 11 is 0. The number of aryl methyl sites for hydroxylation is 1. The molecule has 3 N–H and O–H groups in total. The number of carboxylic acid groups (broad SMARTS) is 1. The number of aromatic hydroxyl groups is 1. The second kappa shape index (κ2) is 13.8. The number of amides is 3. The average molecular weight is 524 g/mol. The fourth-order valence-corrected chi connectivity index (χ4v) is 3.89. The van der Waals surface area contributed by atoms with Crippen LogP contribution < -0.4 is 10.2 Å². The number of nitrogens with zero attached hydrogens (tertiary/aromatic N) is 4. The minimum atomic E-state index is -1.09. The maximum absolute atomic E-state index is 13.0. The van der Waals surface area contributed by atoms with Crippen molar-refractivity contribution in [3.63, 3.8) is 0 Å². The standard InChI is InChI=1S/C27H33N5O6/c1-19-7-5-8-20(25(19)34)11-15-32(24(33)10-3-4-14-29-27(36)37)16-12-23-30-22(18-38-23)26(35)31(2)21-9-6-13-28-17-21/h5-9,13,17-18,29,34H,3-4,10-12,14-16H2,1-2H3,(H,36,37). The van der Waals surface area contributed by atoms with Crippen LogP contribution in [0, 0.1) is 6.92 Å². The van der Waals surface area contributed by atoms with E-state index in [4.69, 9.17) is 9.52 Å². The fraction of sp³-hybridized carbons (Fsp3) is 0.370. The number of carbonyl (C=O) groups excluding carboxylic acids is 2. The number of aromatic nitrogens is 2. The van der Waals surface area contributed by atoms with Gasteiger partial charge in [0.25, 0.3) is 5.91 Å². The first-order chi connectivity index (χ1) is 18.3. The lowest BCUT2D eigenvalue weighted by Gasteiger charge is -2.23. The van der Waals surface area contributed by atoms with Gasteiger partial charge in [-0.05, 0) is 49.4 Å². The maximum Gasteiger partial charge on any atom is 0.404 e. The van der Waals surface area contributed by atoms with E-state index in [0.717, 1.165) is 11.1 Å². The zero-order valence-corrected chi connectivity index (χ0v) is 21.6. The molecule has 0 bridgehead atoms. The van der Waals surface area contributed by atoms with Crippen molar-refractivity contribution < 1.29 is 29.0 Å². The molecule has 38 heavy (non-hydrogen) atoms. The number of rotatable bonds is 13. The molecule has 0 unspecified atom stereocenters. The Morgan fingerprint density at radius 2 is 1.87 bits per heavy atom. The van der Waals surface area contributed by atoms with Crippen molar-refractivity contribution in [2.24, 2.45) is 0 Å². The Labute approximate surface area is 221 Å². The number of unbranched alkanes of at least 4 members (excludes halogenated alkanes) is 1. The first-order valence-corrected chi connectivity index (χ1v) is 12.4. The van der Waals surface area contributed by atoms with Gasteiger partial charge in [-0.25, -0.2) is 9.78 Å². The number of benzene rings is 1. The lowest BCUT2D eigenvalue weighted by atomic mass is 10.1. The number of nitrogens with one attached hydrogen (secondary N) is 1. The van der Waals surface area contributed by atoms with Crippen LogP contribution in [-0.2, 0) is 17.6 Å². The Balaban J connectivity index is 1.62. The van der Waals surface area contributed by atoms with E-state index in [1.54, 1.807) is 36.5 Å². The Hall–Kier alpha value is -4.41. The summed E-state index contributed by atoms with van der Waals surface area (Å²) in [7, 11) is 1.63. The third-order valence-electron chi connectivity index (χ3n) is 6.12. The Kier molecular flexibility index (Phi) is 10.2. The summed E-state index contributed by atoms with van der Waals surface area (Å²) in [5, 5.41) is 21.3. The van der Waals surface area contributed by atoms with Gasteiger partial charge in [0.2, 0.25) is 5.91 Å². The van der Waals surface area contributed by atoms with Crippen molar-refractivity contribution >= 4 is 23.6 Å². The minimum Gasteiger partial charge on any atom is -0.507 e. The van der Waals surface area contributed by atoms with Gasteiger partial charge in [0, 0.05) is 45.7 Å². The number of hydrogen-bond acceptors (Lipinski definition) is 7. The SMILES string of the molecule is Cc1cccc(CCN(CCc2nc(C(=O)N(C)c3cccnc3)co2)C(=O)CCCCNC(=O)O)c1O. The second-order valence-electron chi connectivity index (χ2n) is 8.85. The van der Waals surface area contributed by atoms with Crippen LogP contribution in [0.5, 0.6) is 5.75 Å². The molecule has 1 aromatic carbocycles. The van der Waals surface area contributed by atoms with Gasteiger partial charge in [0.1, 0.15) is 12.0 Å². The molecular formula is C27H33N5O6. The highest BCUT2D eigenvalue weighted by molar-refractivity contribution is 6.04. The van der Waals surface area contributed by atoms with Crippen LogP contribution in [0.4, 0.5) is 10.5 Å². The summed E-state index contributed by atoms with van der Waals surface area (Å²) in [5.41, 5.74) is 2.28. The maximum atomic E-state index is 13.0. The Bertz CT molecular complexity index is 1230. The number of phenols is 1. The van der Waals surface area contributed by atoms with Crippen LogP contribution in [0.15, 0.2) is 53.4 Å². The number of oxazole rings is 1. The van der Waals surface area contributed by atoms with Gasteiger partial charge in [0.15, 0.2) is 11.6 Å². The molecule has 0 aliphatic heterocycles. The molecule has 3 aromatic rings. The number of carbonyl (C=O) groups is 3. The number of pyridine rings is 1. The van der Waals surface area contributed by atoms with E-state index in [9.17, 15) is 19.5 Å². The number of anilines is 1. The molecule has 2 aromatic heterocycles. The van der Waals surface area contributed by atoms with E-state index in [2.05, 4.69) is 15.3 Å². The molecule has 0 fully saturated rings. The monoisotopic (exact) mass is 523 g/mol. The lowest BCUT2D eigenvalue weighted by molar-refractivity contribution is -0.131. The van der Waals surface area contributed by atoms with E-state index in [1.807, 2.05) is 25.1 Å². The summed E-state index contributed by atoms with van der Waals surface area (Å²) in [6, 6.07) is 9.00. The summed E-state index contributed by atoms with van der Waals surface area (Å²) in [4.78, 5) is 47.8. The quantitative estimate of drug-likeness (QED) is 0.289. The molecule has 0 saturated heterocycles. The minimum absolute atomic E-state index is 0.0911. The Morgan fingerprint density at radius 3 is 2.61 bits per heavy atom. The molecule has 2 heterocycles. The largest absolute Gasteiger partial charge is 0.507 e. The van der Waals surface area contributed by atoms with Crippen LogP contribution in [-0.4, -0.2) is 69.7 Å². The third kappa shape index (κ3) is 8.05. The predicted octanol–water partition coefficient (Wildman–Crippen LogP) is 3.41. The molecule has 0 aliphatic carbocycles. The second-order valence-corrected chi connectivity index (χ2v) is 8.85. The van der Waals surface area contributed by atoms with Crippen molar-refractivity contribution in [2.45, 2.75) is 39.0 Å². The molecule has 0 radical (unpaired) electrons. The first-order valence-electron chi connectivity index (χ1n) is 12.4. The molecule has 11 nitrogen and oxygen atoms in total. The van der Waals surface area contributed by atoms with E-state index >= 15 is 0 Å². The van der Waals surface area contributed by atoms with Crippen molar-refractivity contribution in [3.05, 3.63) is 71.7 Å².